The van der Waals surface area contributed by atoms with Gasteiger partial charge in [0.05, 0.1) is 5.69 Å². The summed E-state index contributed by atoms with van der Waals surface area (Å²) in [6.07, 6.45) is 5.18. The van der Waals surface area contributed by atoms with E-state index in [4.69, 9.17) is 11.2 Å². The molecule has 0 radical (unpaired) electrons. The lowest BCUT2D eigenvalue weighted by Crippen LogP contribution is -2.04. The molecule has 0 aliphatic carbocycles. The molecular weight excluding hydrogens is 321 g/mol. The van der Waals surface area contributed by atoms with Crippen LogP contribution in [0.25, 0.3) is 0 Å². The van der Waals surface area contributed by atoms with Crippen LogP contribution in [0.3, 0.4) is 0 Å². The molecule has 2 rings (SSSR count). The van der Waals surface area contributed by atoms with Crippen LogP contribution in [0, 0.1) is 18.2 Å². The largest absolute Gasteiger partial charge is 0.481 e. The van der Waals surface area contributed by atoms with Gasteiger partial charge < -0.3 is 10.1 Å². The van der Waals surface area contributed by atoms with E-state index < -0.39 is 0 Å². The van der Waals surface area contributed by atoms with Crippen molar-refractivity contribution in [1.29, 1.82) is 0 Å². The van der Waals surface area contributed by atoms with E-state index in [1.54, 1.807) is 12.1 Å². The topological polar surface area (TPSA) is 21.3 Å². The predicted octanol–water partition coefficient (Wildman–Crippen LogP) is 4.21. The molecule has 2 nitrogen and oxygen atoms in total. The summed E-state index contributed by atoms with van der Waals surface area (Å²) < 4.78 is 19.9. The van der Waals surface area contributed by atoms with Gasteiger partial charge in [-0.05, 0) is 24.3 Å². The molecule has 20 heavy (non-hydrogen) atoms. The first-order valence-electron chi connectivity index (χ1n) is 6.04. The van der Waals surface area contributed by atoms with Gasteiger partial charge in [0.15, 0.2) is 0 Å². The summed E-state index contributed by atoms with van der Waals surface area (Å²) in [5, 5.41) is 3.05. The Morgan fingerprint density at radius 3 is 2.85 bits per heavy atom. The molecule has 0 unspecified atom stereocenters. The van der Waals surface area contributed by atoms with E-state index in [2.05, 4.69) is 27.2 Å². The van der Waals surface area contributed by atoms with Crippen LogP contribution in [0.2, 0.25) is 0 Å². The molecule has 0 aliphatic rings. The number of para-hydroxylation sites is 1. The monoisotopic (exact) mass is 333 g/mol. The van der Waals surface area contributed by atoms with Crippen LogP contribution >= 0.6 is 15.9 Å². The normalized spacial score (nSPS) is 9.85. The molecule has 0 aromatic heterocycles. The molecule has 0 heterocycles. The van der Waals surface area contributed by atoms with Gasteiger partial charge in [0.25, 0.3) is 0 Å². The highest BCUT2D eigenvalue weighted by molar-refractivity contribution is 9.10. The SMILES string of the molecule is C#CCOc1ccccc1CNc1cc(Br)ccc1F. The maximum absolute atomic E-state index is 13.6. The minimum Gasteiger partial charge on any atom is -0.481 e. The molecule has 0 amide bonds. The molecule has 2 aromatic carbocycles. The molecule has 0 saturated carbocycles. The van der Waals surface area contributed by atoms with E-state index in [-0.39, 0.29) is 12.4 Å². The minimum absolute atomic E-state index is 0.211. The molecule has 0 saturated heterocycles. The Labute approximate surface area is 126 Å². The number of terminal acetylenes is 1. The third-order valence-corrected chi connectivity index (χ3v) is 3.17. The Balaban J connectivity index is 2.11. The van der Waals surface area contributed by atoms with E-state index in [0.717, 1.165) is 10.0 Å². The lowest BCUT2D eigenvalue weighted by atomic mass is 10.2. The lowest BCUT2D eigenvalue weighted by Gasteiger charge is -2.12. The van der Waals surface area contributed by atoms with Crippen LogP contribution in [0.5, 0.6) is 5.75 Å². The Hall–Kier alpha value is -1.99. The quantitative estimate of drug-likeness (QED) is 0.827. The summed E-state index contributed by atoms with van der Waals surface area (Å²) in [7, 11) is 0. The van der Waals surface area contributed by atoms with Crippen molar-refractivity contribution < 1.29 is 9.13 Å². The van der Waals surface area contributed by atoms with Crippen molar-refractivity contribution >= 4 is 21.6 Å². The van der Waals surface area contributed by atoms with Gasteiger partial charge in [0.1, 0.15) is 18.2 Å². The van der Waals surface area contributed by atoms with E-state index in [1.807, 2.05) is 24.3 Å². The number of nitrogens with one attached hydrogen (secondary N) is 1. The third-order valence-electron chi connectivity index (χ3n) is 2.68. The fourth-order valence-electron chi connectivity index (χ4n) is 1.73. The Morgan fingerprint density at radius 1 is 1.25 bits per heavy atom. The highest BCUT2D eigenvalue weighted by Crippen LogP contribution is 2.23. The summed E-state index contributed by atoms with van der Waals surface area (Å²) >= 11 is 3.32. The second-order valence-corrected chi connectivity index (χ2v) is 4.99. The Bertz CT molecular complexity index is 637. The zero-order chi connectivity index (χ0) is 14.4. The number of hydrogen-bond acceptors (Lipinski definition) is 2. The van der Waals surface area contributed by atoms with E-state index >= 15 is 0 Å². The standard InChI is InChI=1S/C16H13BrFNO/c1-2-9-20-16-6-4-3-5-12(16)11-19-15-10-13(17)7-8-14(15)18/h1,3-8,10,19H,9,11H2. The zero-order valence-electron chi connectivity index (χ0n) is 10.7. The van der Waals surface area contributed by atoms with Crippen molar-refractivity contribution in [2.24, 2.45) is 0 Å². The Kier molecular flexibility index (Phi) is 5.03. The maximum atomic E-state index is 13.6. The van der Waals surface area contributed by atoms with Crippen molar-refractivity contribution in [3.8, 4) is 18.1 Å². The number of benzene rings is 2. The van der Waals surface area contributed by atoms with E-state index in [9.17, 15) is 4.39 Å². The molecule has 0 atom stereocenters. The zero-order valence-corrected chi connectivity index (χ0v) is 12.3. The number of halogens is 2. The first kappa shape index (κ1) is 14.4. The number of rotatable bonds is 5. The lowest BCUT2D eigenvalue weighted by molar-refractivity contribution is 0.366. The first-order valence-corrected chi connectivity index (χ1v) is 6.83. The van der Waals surface area contributed by atoms with Crippen molar-refractivity contribution in [3.63, 3.8) is 0 Å². The summed E-state index contributed by atoms with van der Waals surface area (Å²) in [6, 6.07) is 12.3. The molecule has 2 aromatic rings. The molecule has 0 bridgehead atoms. The van der Waals surface area contributed by atoms with Crippen LogP contribution in [-0.4, -0.2) is 6.61 Å². The summed E-state index contributed by atoms with van der Waals surface area (Å²) in [5.41, 5.74) is 1.35. The average molecular weight is 334 g/mol. The number of hydrogen-bond donors (Lipinski definition) is 1. The predicted molar refractivity (Wildman–Crippen MR) is 82.2 cm³/mol. The smallest absolute Gasteiger partial charge is 0.148 e. The van der Waals surface area contributed by atoms with Gasteiger partial charge in [-0.25, -0.2) is 4.39 Å². The summed E-state index contributed by atoms with van der Waals surface area (Å²) in [5.74, 6) is 2.83. The van der Waals surface area contributed by atoms with E-state index in [0.29, 0.717) is 18.0 Å². The molecule has 102 valence electrons. The van der Waals surface area contributed by atoms with Crippen LogP contribution in [0.15, 0.2) is 46.9 Å². The highest BCUT2D eigenvalue weighted by Gasteiger charge is 2.05. The highest BCUT2D eigenvalue weighted by atomic mass is 79.9. The third kappa shape index (κ3) is 3.75. The molecular formula is C16H13BrFNO. The molecule has 0 fully saturated rings. The molecule has 0 aliphatic heterocycles. The first-order chi connectivity index (χ1) is 9.70. The van der Waals surface area contributed by atoms with Crippen molar-refractivity contribution in [2.45, 2.75) is 6.54 Å². The van der Waals surface area contributed by atoms with Crippen LogP contribution < -0.4 is 10.1 Å². The fraction of sp³-hybridized carbons (Fsp3) is 0.125. The van der Waals surface area contributed by atoms with Gasteiger partial charge in [-0.2, -0.15) is 0 Å². The minimum atomic E-state index is -0.296. The van der Waals surface area contributed by atoms with Gasteiger partial charge in [-0.3, -0.25) is 0 Å². The van der Waals surface area contributed by atoms with Gasteiger partial charge in [-0.15, -0.1) is 6.42 Å². The van der Waals surface area contributed by atoms with Gasteiger partial charge in [0, 0.05) is 16.6 Å². The van der Waals surface area contributed by atoms with Crippen LogP contribution in [-0.2, 0) is 6.54 Å². The maximum Gasteiger partial charge on any atom is 0.148 e. The second-order valence-electron chi connectivity index (χ2n) is 4.08. The number of anilines is 1. The van der Waals surface area contributed by atoms with Crippen LogP contribution in [0.1, 0.15) is 5.56 Å². The van der Waals surface area contributed by atoms with Crippen molar-refractivity contribution in [2.75, 3.05) is 11.9 Å². The van der Waals surface area contributed by atoms with Crippen molar-refractivity contribution in [1.82, 2.24) is 0 Å². The van der Waals surface area contributed by atoms with Crippen LogP contribution in [0.4, 0.5) is 10.1 Å². The van der Waals surface area contributed by atoms with Gasteiger partial charge >= 0.3 is 0 Å². The molecule has 0 spiro atoms. The molecule has 4 heteroatoms. The average Bonchev–Trinajstić information content (AvgIpc) is 2.47. The fourth-order valence-corrected chi connectivity index (χ4v) is 2.09. The summed E-state index contributed by atoms with van der Waals surface area (Å²) in [4.78, 5) is 0. The van der Waals surface area contributed by atoms with Gasteiger partial charge in [-0.1, -0.05) is 40.0 Å². The molecule has 1 N–H and O–H groups in total. The second kappa shape index (κ2) is 6.97. The Morgan fingerprint density at radius 2 is 2.05 bits per heavy atom. The van der Waals surface area contributed by atoms with Crippen molar-refractivity contribution in [3.05, 3.63) is 58.3 Å². The summed E-state index contributed by atoms with van der Waals surface area (Å²) in [6.45, 7) is 0.663. The number of ether oxygens (including phenoxy) is 1. The van der Waals surface area contributed by atoms with E-state index in [1.165, 1.54) is 6.07 Å². The van der Waals surface area contributed by atoms with Gasteiger partial charge in [0.2, 0.25) is 0 Å².